The highest BCUT2D eigenvalue weighted by molar-refractivity contribution is 5.73. The minimum atomic E-state index is -0.0895. The van der Waals surface area contributed by atoms with Crippen molar-refractivity contribution in [1.29, 1.82) is 5.26 Å². The van der Waals surface area contributed by atoms with Gasteiger partial charge in [0.15, 0.2) is 0 Å². The maximum absolute atomic E-state index is 9.65. The van der Waals surface area contributed by atoms with E-state index in [9.17, 15) is 10.4 Å². The van der Waals surface area contributed by atoms with Gasteiger partial charge in [-0.2, -0.15) is 5.26 Å². The Bertz CT molecular complexity index is 802. The van der Waals surface area contributed by atoms with Crippen molar-refractivity contribution in [1.82, 2.24) is 9.55 Å². The predicted molar refractivity (Wildman–Crippen MR) is 83.8 cm³/mol. The van der Waals surface area contributed by atoms with E-state index < -0.39 is 0 Å². The number of nitriles is 1. The molecule has 4 nitrogen and oxygen atoms in total. The van der Waals surface area contributed by atoms with Crippen LogP contribution in [0.5, 0.6) is 0 Å². The largest absolute Gasteiger partial charge is 0.392 e. The van der Waals surface area contributed by atoms with Crippen LogP contribution >= 0.6 is 0 Å². The minimum absolute atomic E-state index is 0.0895. The second kappa shape index (κ2) is 6.25. The first kappa shape index (κ1) is 14.1. The average molecular weight is 289 g/mol. The van der Waals surface area contributed by atoms with Crippen LogP contribution in [0.2, 0.25) is 0 Å². The Balaban J connectivity index is 2.16. The monoisotopic (exact) mass is 289 g/mol. The summed E-state index contributed by atoms with van der Waals surface area (Å²) in [6, 6.07) is 15.9. The molecule has 0 atom stereocenters. The summed E-state index contributed by atoms with van der Waals surface area (Å²) in [6.45, 7) is 0.424. The molecule has 4 heteroatoms. The normalized spacial score (nSPS) is 10.4. The molecule has 0 amide bonds. The number of hydrogen-bond acceptors (Lipinski definition) is 3. The third-order valence-corrected chi connectivity index (χ3v) is 3.68. The first-order valence-corrected chi connectivity index (χ1v) is 7.00. The number of rotatable bonds is 4. The number of nitrogens with zero attached hydrogens (tertiary/aromatic N) is 3. The molecule has 2 aromatic carbocycles. The van der Waals surface area contributed by atoms with Crippen molar-refractivity contribution in [2.75, 3.05) is 0 Å². The number of aliphatic hydroxyl groups excluding tert-OH is 1. The number of aliphatic hydroxyl groups is 1. The SMILES string of the molecule is N#Cc1c(-c2ccccc2)ccc(CO)c1Cn1ccnc1. The Labute approximate surface area is 128 Å². The summed E-state index contributed by atoms with van der Waals surface area (Å²) in [5, 5.41) is 19.2. The van der Waals surface area contributed by atoms with Crippen LogP contribution in [0.1, 0.15) is 16.7 Å². The standard InChI is InChI=1S/C18H15N3O/c19-10-17-16(14-4-2-1-3-5-14)7-6-15(12-22)18(17)11-21-9-8-20-13-21/h1-9,13,22H,11-12H2. The summed E-state index contributed by atoms with van der Waals surface area (Å²) in [5.41, 5.74) is 4.09. The zero-order valence-electron chi connectivity index (χ0n) is 12.0. The molecule has 0 aliphatic carbocycles. The molecule has 1 aromatic heterocycles. The molecule has 0 radical (unpaired) electrons. The Morgan fingerprint density at radius 1 is 1.14 bits per heavy atom. The van der Waals surface area contributed by atoms with Gasteiger partial charge in [-0.3, -0.25) is 0 Å². The fraction of sp³-hybridized carbons (Fsp3) is 0.111. The lowest BCUT2D eigenvalue weighted by Crippen LogP contribution is -2.05. The van der Waals surface area contributed by atoms with Crippen LogP contribution in [-0.2, 0) is 13.2 Å². The van der Waals surface area contributed by atoms with Gasteiger partial charge in [0.1, 0.15) is 6.07 Å². The fourth-order valence-electron chi connectivity index (χ4n) is 2.57. The summed E-state index contributed by atoms with van der Waals surface area (Å²) >= 11 is 0. The highest BCUT2D eigenvalue weighted by Crippen LogP contribution is 2.28. The summed E-state index contributed by atoms with van der Waals surface area (Å²) in [6.07, 6.45) is 5.25. The third-order valence-electron chi connectivity index (χ3n) is 3.68. The molecule has 3 rings (SSSR count). The molecule has 0 aliphatic heterocycles. The van der Waals surface area contributed by atoms with Gasteiger partial charge in [-0.15, -0.1) is 0 Å². The van der Waals surface area contributed by atoms with Gasteiger partial charge >= 0.3 is 0 Å². The van der Waals surface area contributed by atoms with Crippen molar-refractivity contribution in [3.8, 4) is 17.2 Å². The van der Waals surface area contributed by atoms with E-state index in [1.807, 2.05) is 53.2 Å². The van der Waals surface area contributed by atoms with Crippen LogP contribution in [0.4, 0.5) is 0 Å². The van der Waals surface area contributed by atoms with Crippen LogP contribution in [0.15, 0.2) is 61.2 Å². The number of imidazole rings is 1. The van der Waals surface area contributed by atoms with Crippen LogP contribution in [0.3, 0.4) is 0 Å². The van der Waals surface area contributed by atoms with Crippen LogP contribution in [-0.4, -0.2) is 14.7 Å². The van der Waals surface area contributed by atoms with E-state index in [0.717, 1.165) is 22.3 Å². The van der Waals surface area contributed by atoms with E-state index in [-0.39, 0.29) is 6.61 Å². The Hall–Kier alpha value is -2.90. The van der Waals surface area contributed by atoms with Gasteiger partial charge in [0.25, 0.3) is 0 Å². The predicted octanol–water partition coefficient (Wildman–Crippen LogP) is 2.96. The van der Waals surface area contributed by atoms with Crippen molar-refractivity contribution >= 4 is 0 Å². The second-order valence-electron chi connectivity index (χ2n) is 5.00. The van der Waals surface area contributed by atoms with Gasteiger partial charge in [-0.05, 0) is 22.3 Å². The van der Waals surface area contributed by atoms with Crippen molar-refractivity contribution in [2.24, 2.45) is 0 Å². The van der Waals surface area contributed by atoms with E-state index in [0.29, 0.717) is 12.1 Å². The smallest absolute Gasteiger partial charge is 0.100 e. The molecule has 22 heavy (non-hydrogen) atoms. The zero-order chi connectivity index (χ0) is 15.4. The molecule has 0 aliphatic rings. The summed E-state index contributed by atoms with van der Waals surface area (Å²) in [4.78, 5) is 4.03. The Morgan fingerprint density at radius 3 is 2.59 bits per heavy atom. The lowest BCUT2D eigenvalue weighted by molar-refractivity contribution is 0.280. The fourth-order valence-corrected chi connectivity index (χ4v) is 2.57. The Kier molecular flexibility index (Phi) is 3.99. The molecule has 0 bridgehead atoms. The topological polar surface area (TPSA) is 61.8 Å². The summed E-state index contributed by atoms with van der Waals surface area (Å²) in [5.74, 6) is 0. The first-order valence-electron chi connectivity index (χ1n) is 7.00. The second-order valence-corrected chi connectivity index (χ2v) is 5.00. The molecule has 0 saturated heterocycles. The first-order chi connectivity index (χ1) is 10.8. The van der Waals surface area contributed by atoms with Gasteiger partial charge < -0.3 is 9.67 Å². The molecule has 1 heterocycles. The molecule has 108 valence electrons. The maximum Gasteiger partial charge on any atom is 0.100 e. The quantitative estimate of drug-likeness (QED) is 0.803. The third kappa shape index (κ3) is 2.62. The molecule has 0 saturated carbocycles. The van der Waals surface area contributed by atoms with E-state index in [4.69, 9.17) is 0 Å². The van der Waals surface area contributed by atoms with Crippen LogP contribution < -0.4 is 0 Å². The summed E-state index contributed by atoms with van der Waals surface area (Å²) in [7, 11) is 0. The van der Waals surface area contributed by atoms with Gasteiger partial charge in [0.2, 0.25) is 0 Å². The number of hydrogen-bond donors (Lipinski definition) is 1. The van der Waals surface area contributed by atoms with Gasteiger partial charge in [0.05, 0.1) is 25.0 Å². The maximum atomic E-state index is 9.65. The van der Waals surface area contributed by atoms with Crippen molar-refractivity contribution in [2.45, 2.75) is 13.2 Å². The van der Waals surface area contributed by atoms with Crippen LogP contribution in [0.25, 0.3) is 11.1 Å². The van der Waals surface area contributed by atoms with E-state index in [1.54, 1.807) is 12.5 Å². The number of aromatic nitrogens is 2. The summed E-state index contributed by atoms with van der Waals surface area (Å²) < 4.78 is 1.89. The van der Waals surface area contributed by atoms with Gasteiger partial charge in [0, 0.05) is 12.4 Å². The lowest BCUT2D eigenvalue weighted by Gasteiger charge is -2.14. The van der Waals surface area contributed by atoms with Gasteiger partial charge in [-0.1, -0.05) is 42.5 Å². The lowest BCUT2D eigenvalue weighted by atomic mass is 9.92. The van der Waals surface area contributed by atoms with Gasteiger partial charge in [-0.25, -0.2) is 4.98 Å². The Morgan fingerprint density at radius 2 is 1.95 bits per heavy atom. The van der Waals surface area contributed by atoms with Crippen molar-refractivity contribution in [3.05, 3.63) is 77.9 Å². The molecule has 0 unspecified atom stereocenters. The van der Waals surface area contributed by atoms with E-state index in [2.05, 4.69) is 11.1 Å². The van der Waals surface area contributed by atoms with Crippen molar-refractivity contribution in [3.63, 3.8) is 0 Å². The van der Waals surface area contributed by atoms with Crippen LogP contribution in [0, 0.1) is 11.3 Å². The average Bonchev–Trinajstić information content (AvgIpc) is 3.08. The molecular weight excluding hydrogens is 274 g/mol. The van der Waals surface area contributed by atoms with Crippen molar-refractivity contribution < 1.29 is 5.11 Å². The highest BCUT2D eigenvalue weighted by atomic mass is 16.3. The molecular formula is C18H15N3O. The van der Waals surface area contributed by atoms with E-state index >= 15 is 0 Å². The molecule has 0 fully saturated rings. The number of benzene rings is 2. The molecule has 3 aromatic rings. The van der Waals surface area contributed by atoms with E-state index in [1.165, 1.54) is 0 Å². The molecule has 1 N–H and O–H groups in total. The zero-order valence-corrected chi connectivity index (χ0v) is 12.0. The molecule has 0 spiro atoms. The highest BCUT2D eigenvalue weighted by Gasteiger charge is 2.14. The minimum Gasteiger partial charge on any atom is -0.392 e.